The van der Waals surface area contributed by atoms with Gasteiger partial charge in [-0.3, -0.25) is 4.68 Å². The van der Waals surface area contributed by atoms with Crippen LogP contribution in [0.5, 0.6) is 0 Å². The Morgan fingerprint density at radius 2 is 1.96 bits per heavy atom. The summed E-state index contributed by atoms with van der Waals surface area (Å²) in [5.41, 5.74) is 3.60. The molecule has 3 heterocycles. The second-order valence-electron chi connectivity index (χ2n) is 7.37. The predicted octanol–water partition coefficient (Wildman–Crippen LogP) is 3.28. The minimum Gasteiger partial charge on any atom is -0.338 e. The molecule has 3 aromatic heterocycles. The molecule has 0 fully saturated rings. The van der Waals surface area contributed by atoms with E-state index < -0.39 is 0 Å². The Hall–Kier alpha value is -2.90. The predicted molar refractivity (Wildman–Crippen MR) is 106 cm³/mol. The molecule has 144 valence electrons. The molecule has 0 aliphatic heterocycles. The van der Waals surface area contributed by atoms with Gasteiger partial charge in [0.15, 0.2) is 5.65 Å². The number of carbonyl (C=O) groups is 1. The minimum absolute atomic E-state index is 0.237. The first-order valence-corrected chi connectivity index (χ1v) is 9.22. The number of fused-ring (bicyclic) bond motifs is 1. The van der Waals surface area contributed by atoms with Crippen LogP contribution in [0.3, 0.4) is 0 Å². The third-order valence-electron chi connectivity index (χ3n) is 4.38. The molecule has 3 rings (SSSR count). The molecule has 0 spiro atoms. The molecule has 0 saturated heterocycles. The lowest BCUT2D eigenvalue weighted by Crippen LogP contribution is -2.33. The van der Waals surface area contributed by atoms with Crippen LogP contribution in [-0.4, -0.2) is 37.1 Å². The Morgan fingerprint density at radius 3 is 2.63 bits per heavy atom. The van der Waals surface area contributed by atoms with Gasteiger partial charge in [-0.2, -0.15) is 10.2 Å². The van der Waals surface area contributed by atoms with Crippen LogP contribution in [0.4, 0.5) is 10.5 Å². The van der Waals surface area contributed by atoms with Gasteiger partial charge in [0.25, 0.3) is 0 Å². The lowest BCUT2D eigenvalue weighted by atomic mass is 10.2. The van der Waals surface area contributed by atoms with Crippen molar-refractivity contribution in [3.63, 3.8) is 0 Å². The van der Waals surface area contributed by atoms with Crippen LogP contribution in [0, 0.1) is 19.8 Å². The average molecular weight is 369 g/mol. The van der Waals surface area contributed by atoms with Crippen molar-refractivity contribution in [1.29, 1.82) is 0 Å². The van der Waals surface area contributed by atoms with E-state index in [0.29, 0.717) is 12.2 Å². The summed E-state index contributed by atoms with van der Waals surface area (Å²) in [7, 11) is 0. The summed E-state index contributed by atoms with van der Waals surface area (Å²) in [6.07, 6.45) is 3.42. The molecule has 2 N–H and O–H groups in total. The molecular weight excluding hydrogens is 342 g/mol. The lowest BCUT2D eigenvalue weighted by Gasteiger charge is -2.14. The third kappa shape index (κ3) is 4.45. The number of hydrogen-bond acceptors (Lipinski definition) is 4. The van der Waals surface area contributed by atoms with Gasteiger partial charge in [-0.15, -0.1) is 0 Å². The lowest BCUT2D eigenvalue weighted by molar-refractivity contribution is 0.249. The maximum absolute atomic E-state index is 12.2. The maximum Gasteiger partial charge on any atom is 0.319 e. The highest BCUT2D eigenvalue weighted by atomic mass is 16.2. The Morgan fingerprint density at radius 1 is 1.19 bits per heavy atom. The van der Waals surface area contributed by atoms with E-state index in [1.54, 1.807) is 12.4 Å². The molecule has 8 nitrogen and oxygen atoms in total. The molecule has 0 aliphatic rings. The Bertz CT molecular complexity index is 941. The van der Waals surface area contributed by atoms with Crippen molar-refractivity contribution in [3.05, 3.63) is 35.9 Å². The van der Waals surface area contributed by atoms with Gasteiger partial charge in [-0.05, 0) is 45.7 Å². The fourth-order valence-corrected chi connectivity index (χ4v) is 3.05. The van der Waals surface area contributed by atoms with E-state index in [-0.39, 0.29) is 18.0 Å². The molecule has 8 heteroatoms. The van der Waals surface area contributed by atoms with Crippen molar-refractivity contribution in [2.24, 2.45) is 5.92 Å². The summed E-state index contributed by atoms with van der Waals surface area (Å²) in [4.78, 5) is 16.6. The summed E-state index contributed by atoms with van der Waals surface area (Å²) < 4.78 is 3.84. The van der Waals surface area contributed by atoms with Gasteiger partial charge in [0.05, 0.1) is 23.8 Å². The first-order chi connectivity index (χ1) is 12.8. The minimum atomic E-state index is -0.243. The standard InChI is InChI=1S/C19H27N7O/c1-12(2)26-18-16(9-22-26)7-17(10-20-18)23-19(27)21-8-13(3)11-25-15(5)6-14(4)24-25/h6-7,9-10,12-13H,8,11H2,1-5H3,(H2,21,23,27). The molecule has 0 saturated carbocycles. The van der Waals surface area contributed by atoms with Crippen LogP contribution in [-0.2, 0) is 6.54 Å². The van der Waals surface area contributed by atoms with Crippen LogP contribution in [0.25, 0.3) is 11.0 Å². The second kappa shape index (κ2) is 7.77. The van der Waals surface area contributed by atoms with Gasteiger partial charge in [-0.1, -0.05) is 6.92 Å². The quantitative estimate of drug-likeness (QED) is 0.698. The van der Waals surface area contributed by atoms with Crippen molar-refractivity contribution in [2.45, 2.75) is 47.2 Å². The first kappa shape index (κ1) is 18.9. The Balaban J connectivity index is 1.54. The number of pyridine rings is 1. The van der Waals surface area contributed by atoms with E-state index >= 15 is 0 Å². The number of urea groups is 1. The smallest absolute Gasteiger partial charge is 0.319 e. The number of nitrogens with one attached hydrogen (secondary N) is 2. The number of hydrogen-bond donors (Lipinski definition) is 2. The monoisotopic (exact) mass is 369 g/mol. The molecule has 1 atom stereocenters. The number of nitrogens with zero attached hydrogens (tertiary/aromatic N) is 5. The van der Waals surface area contributed by atoms with Gasteiger partial charge in [0.1, 0.15) is 0 Å². The normalized spacial score (nSPS) is 12.5. The van der Waals surface area contributed by atoms with Crippen molar-refractivity contribution in [1.82, 2.24) is 29.9 Å². The van der Waals surface area contributed by atoms with Crippen molar-refractivity contribution in [3.8, 4) is 0 Å². The molecular formula is C19H27N7O. The van der Waals surface area contributed by atoms with Crippen molar-refractivity contribution in [2.75, 3.05) is 11.9 Å². The summed E-state index contributed by atoms with van der Waals surface area (Å²) in [6.45, 7) is 11.5. The zero-order chi connectivity index (χ0) is 19.6. The summed E-state index contributed by atoms with van der Waals surface area (Å²) in [5, 5.41) is 15.4. The van der Waals surface area contributed by atoms with E-state index in [1.807, 2.05) is 29.3 Å². The number of rotatable bonds is 6. The highest BCUT2D eigenvalue weighted by Gasteiger charge is 2.11. The molecule has 3 aromatic rings. The topological polar surface area (TPSA) is 89.7 Å². The summed E-state index contributed by atoms with van der Waals surface area (Å²) in [5.74, 6) is 0.263. The van der Waals surface area contributed by atoms with Gasteiger partial charge in [0, 0.05) is 30.2 Å². The fourth-order valence-electron chi connectivity index (χ4n) is 3.05. The van der Waals surface area contributed by atoms with E-state index in [4.69, 9.17) is 0 Å². The third-order valence-corrected chi connectivity index (χ3v) is 4.38. The largest absolute Gasteiger partial charge is 0.338 e. The van der Waals surface area contributed by atoms with Gasteiger partial charge in [0.2, 0.25) is 0 Å². The molecule has 0 aliphatic carbocycles. The number of amides is 2. The molecule has 0 bridgehead atoms. The van der Waals surface area contributed by atoms with Gasteiger partial charge in [-0.25, -0.2) is 14.5 Å². The highest BCUT2D eigenvalue weighted by molar-refractivity contribution is 5.91. The number of aromatic nitrogens is 5. The maximum atomic E-state index is 12.2. The van der Waals surface area contributed by atoms with E-state index in [9.17, 15) is 4.79 Å². The Labute approximate surface area is 159 Å². The van der Waals surface area contributed by atoms with Gasteiger partial charge >= 0.3 is 6.03 Å². The number of aryl methyl sites for hydroxylation is 2. The molecule has 2 amide bonds. The first-order valence-electron chi connectivity index (χ1n) is 9.22. The zero-order valence-corrected chi connectivity index (χ0v) is 16.5. The molecule has 0 aromatic carbocycles. The SMILES string of the molecule is Cc1cc(C)n(CC(C)CNC(=O)Nc2cnc3c(cnn3C(C)C)c2)n1. The van der Waals surface area contributed by atoms with Crippen LogP contribution in [0.1, 0.15) is 38.2 Å². The second-order valence-corrected chi connectivity index (χ2v) is 7.37. The highest BCUT2D eigenvalue weighted by Crippen LogP contribution is 2.19. The van der Waals surface area contributed by atoms with Gasteiger partial charge < -0.3 is 10.6 Å². The number of carbonyl (C=O) groups excluding carboxylic acids is 1. The van der Waals surface area contributed by atoms with Crippen LogP contribution in [0.15, 0.2) is 24.5 Å². The van der Waals surface area contributed by atoms with E-state index in [1.165, 1.54) is 0 Å². The fraction of sp³-hybridized carbons (Fsp3) is 0.474. The van der Waals surface area contributed by atoms with Crippen molar-refractivity contribution < 1.29 is 4.79 Å². The number of anilines is 1. The van der Waals surface area contributed by atoms with E-state index in [2.05, 4.69) is 52.7 Å². The zero-order valence-electron chi connectivity index (χ0n) is 16.5. The molecule has 1 unspecified atom stereocenters. The van der Waals surface area contributed by atoms with Crippen molar-refractivity contribution >= 4 is 22.8 Å². The van der Waals surface area contributed by atoms with E-state index in [0.717, 1.165) is 29.0 Å². The van der Waals surface area contributed by atoms with Crippen LogP contribution in [0.2, 0.25) is 0 Å². The summed E-state index contributed by atoms with van der Waals surface area (Å²) >= 11 is 0. The Kier molecular flexibility index (Phi) is 5.43. The van der Waals surface area contributed by atoms with Crippen LogP contribution >= 0.6 is 0 Å². The average Bonchev–Trinajstić information content (AvgIpc) is 3.15. The summed E-state index contributed by atoms with van der Waals surface area (Å²) in [6, 6.07) is 3.93. The molecule has 27 heavy (non-hydrogen) atoms. The molecule has 0 radical (unpaired) electrons. The van der Waals surface area contributed by atoms with Crippen LogP contribution < -0.4 is 10.6 Å².